The van der Waals surface area contributed by atoms with Gasteiger partial charge in [-0.2, -0.15) is 4.99 Å². The first-order valence-corrected chi connectivity index (χ1v) is 15.7. The van der Waals surface area contributed by atoms with Gasteiger partial charge < -0.3 is 25.0 Å². The summed E-state index contributed by atoms with van der Waals surface area (Å²) in [6.07, 6.45) is 1.67. The smallest absolute Gasteiger partial charge is 0.338 e. The molecule has 240 valence electrons. The van der Waals surface area contributed by atoms with Crippen molar-refractivity contribution >= 4 is 41.0 Å². The number of carbonyl (C=O) groups is 3. The fourth-order valence-electron chi connectivity index (χ4n) is 5.94. The van der Waals surface area contributed by atoms with Gasteiger partial charge in [0.25, 0.3) is 0 Å². The number of nitrogens with zero attached hydrogens (tertiary/aromatic N) is 6. The molecule has 2 N–H and O–H groups in total. The molecule has 1 aromatic carbocycles. The number of amides is 1. The molecule has 2 aromatic rings. The number of fused-ring (bicyclic) bond motifs is 1. The molecule has 12 nitrogen and oxygen atoms in total. The molecular weight excluding hydrogens is 601 g/mol. The predicted octanol–water partition coefficient (Wildman–Crippen LogP) is 2.81. The number of esters is 1. The Morgan fingerprint density at radius 1 is 1.24 bits per heavy atom. The first-order valence-electron chi connectivity index (χ1n) is 14.9. The molecule has 0 spiro atoms. The van der Waals surface area contributed by atoms with Crippen molar-refractivity contribution in [2.75, 3.05) is 45.9 Å². The van der Waals surface area contributed by atoms with Crippen LogP contribution in [0.1, 0.15) is 49.9 Å². The summed E-state index contributed by atoms with van der Waals surface area (Å²) < 4.78 is 20.3. The molecule has 2 atom stereocenters. The molecule has 2 fully saturated rings. The van der Waals surface area contributed by atoms with Crippen LogP contribution in [0.4, 0.5) is 4.39 Å². The van der Waals surface area contributed by atoms with Gasteiger partial charge in [0, 0.05) is 63.5 Å². The van der Waals surface area contributed by atoms with Crippen LogP contribution in [0.5, 0.6) is 0 Å². The summed E-state index contributed by atoms with van der Waals surface area (Å²) in [5, 5.41) is 15.6. The minimum absolute atomic E-state index is 0.0648. The summed E-state index contributed by atoms with van der Waals surface area (Å²) in [5.41, 5.74) is 0.813. The fourth-order valence-corrected chi connectivity index (χ4v) is 6.53. The minimum Gasteiger partial charge on any atom is -0.481 e. The number of amidine groups is 1. The average Bonchev–Trinajstić information content (AvgIpc) is 3.62. The largest absolute Gasteiger partial charge is 0.481 e. The number of carboxylic acids is 1. The van der Waals surface area contributed by atoms with Crippen LogP contribution >= 0.6 is 11.3 Å². The highest BCUT2D eigenvalue weighted by Gasteiger charge is 2.43. The third-order valence-electron chi connectivity index (χ3n) is 8.20. The van der Waals surface area contributed by atoms with Crippen LogP contribution in [0.3, 0.4) is 0 Å². The van der Waals surface area contributed by atoms with Crippen molar-refractivity contribution in [3.8, 4) is 0 Å². The highest BCUT2D eigenvalue weighted by Crippen LogP contribution is 2.36. The zero-order valence-electron chi connectivity index (χ0n) is 26.0. The SMILES string of the molecule is CCOC(=O)C1=C(CN2CCN3C(=NC(C)=O)N(CC(C)(C)C(=O)O)C[C@@H]3C2)NC(c2nccs2)=N[C@H]1c1cccc(F)c1C. The molecule has 5 rings (SSSR count). The number of carboxylic acid groups (broad SMARTS) is 1. The van der Waals surface area contributed by atoms with Crippen molar-refractivity contribution in [1.82, 2.24) is 25.0 Å². The van der Waals surface area contributed by atoms with E-state index in [0.29, 0.717) is 71.9 Å². The van der Waals surface area contributed by atoms with E-state index >= 15 is 0 Å². The van der Waals surface area contributed by atoms with Crippen LogP contribution in [0.15, 0.2) is 51.0 Å². The van der Waals surface area contributed by atoms with Crippen LogP contribution in [0.25, 0.3) is 0 Å². The van der Waals surface area contributed by atoms with Crippen LogP contribution < -0.4 is 5.32 Å². The topological polar surface area (TPSA) is 140 Å². The quantitative estimate of drug-likeness (QED) is 0.394. The first-order chi connectivity index (χ1) is 21.4. The Balaban J connectivity index is 1.48. The highest BCUT2D eigenvalue weighted by atomic mass is 32.1. The Kier molecular flexibility index (Phi) is 9.35. The number of hydrogen-bond donors (Lipinski definition) is 2. The Labute approximate surface area is 265 Å². The second-order valence-corrected chi connectivity index (χ2v) is 12.9. The highest BCUT2D eigenvalue weighted by molar-refractivity contribution is 7.11. The van der Waals surface area contributed by atoms with Crippen LogP contribution in [-0.2, 0) is 19.1 Å². The molecular formula is C31H38FN7O5S. The van der Waals surface area contributed by atoms with Crippen molar-refractivity contribution in [2.45, 2.75) is 46.7 Å². The number of ether oxygens (including phenoxy) is 1. The summed E-state index contributed by atoms with van der Waals surface area (Å²) in [6.45, 7) is 11.0. The minimum atomic E-state index is -1.05. The van der Waals surface area contributed by atoms with Gasteiger partial charge in [-0.05, 0) is 44.9 Å². The van der Waals surface area contributed by atoms with Gasteiger partial charge in [0.05, 0.1) is 23.6 Å². The van der Waals surface area contributed by atoms with Gasteiger partial charge >= 0.3 is 11.9 Å². The zero-order chi connectivity index (χ0) is 32.5. The van der Waals surface area contributed by atoms with Gasteiger partial charge in [0.1, 0.15) is 11.9 Å². The number of halogens is 1. The van der Waals surface area contributed by atoms with Gasteiger partial charge in [0.2, 0.25) is 11.9 Å². The van der Waals surface area contributed by atoms with E-state index in [-0.39, 0.29) is 25.1 Å². The molecule has 0 radical (unpaired) electrons. The molecule has 0 bridgehead atoms. The third-order valence-corrected chi connectivity index (χ3v) is 8.98. The summed E-state index contributed by atoms with van der Waals surface area (Å²) >= 11 is 1.40. The van der Waals surface area contributed by atoms with Crippen molar-refractivity contribution in [3.63, 3.8) is 0 Å². The Bertz CT molecular complexity index is 1570. The number of piperazine rings is 1. The maximum absolute atomic E-state index is 14.8. The fraction of sp³-hybridized carbons (Fsp3) is 0.484. The summed E-state index contributed by atoms with van der Waals surface area (Å²) in [6, 6.07) is 3.88. The second-order valence-electron chi connectivity index (χ2n) is 12.0. The van der Waals surface area contributed by atoms with E-state index in [1.54, 1.807) is 46.0 Å². The maximum atomic E-state index is 14.8. The Hall–Kier alpha value is -4.17. The monoisotopic (exact) mass is 639 g/mol. The van der Waals surface area contributed by atoms with Crippen LogP contribution in [0.2, 0.25) is 0 Å². The van der Waals surface area contributed by atoms with Gasteiger partial charge in [-0.1, -0.05) is 12.1 Å². The molecule has 4 heterocycles. The lowest BCUT2D eigenvalue weighted by atomic mass is 9.92. The van der Waals surface area contributed by atoms with E-state index in [4.69, 9.17) is 9.73 Å². The van der Waals surface area contributed by atoms with Crippen molar-refractivity contribution < 1.29 is 28.6 Å². The van der Waals surface area contributed by atoms with Crippen molar-refractivity contribution in [2.24, 2.45) is 15.4 Å². The molecule has 0 unspecified atom stereocenters. The van der Waals surface area contributed by atoms with E-state index in [1.165, 1.54) is 24.3 Å². The number of carbonyl (C=O) groups excluding carboxylic acids is 2. The van der Waals surface area contributed by atoms with E-state index < -0.39 is 29.2 Å². The number of aliphatic imine (C=N–C) groups is 2. The molecule has 3 aliphatic rings. The number of benzene rings is 1. The number of hydrogen-bond acceptors (Lipinski definition) is 9. The number of aliphatic carboxylic acids is 1. The number of thiazole rings is 1. The number of rotatable bonds is 9. The van der Waals surface area contributed by atoms with Crippen molar-refractivity contribution in [1.29, 1.82) is 0 Å². The molecule has 0 aliphatic carbocycles. The molecule has 1 aromatic heterocycles. The van der Waals surface area contributed by atoms with Crippen LogP contribution in [0, 0.1) is 18.2 Å². The third kappa shape index (κ3) is 6.76. The van der Waals surface area contributed by atoms with E-state index in [0.717, 1.165) is 0 Å². The lowest BCUT2D eigenvalue weighted by Gasteiger charge is -2.39. The molecule has 3 aliphatic heterocycles. The molecule has 1 amide bonds. The zero-order valence-corrected chi connectivity index (χ0v) is 26.9. The van der Waals surface area contributed by atoms with E-state index in [2.05, 4.69) is 25.1 Å². The number of nitrogens with one attached hydrogen (secondary N) is 1. The van der Waals surface area contributed by atoms with Gasteiger partial charge in [-0.3, -0.25) is 19.5 Å². The molecule has 0 saturated carbocycles. The van der Waals surface area contributed by atoms with E-state index in [9.17, 15) is 23.9 Å². The first kappa shape index (κ1) is 32.2. The summed E-state index contributed by atoms with van der Waals surface area (Å²) in [4.78, 5) is 57.2. The lowest BCUT2D eigenvalue weighted by molar-refractivity contribution is -0.147. The molecule has 14 heteroatoms. The molecule has 45 heavy (non-hydrogen) atoms. The van der Waals surface area contributed by atoms with Gasteiger partial charge in [-0.25, -0.2) is 14.2 Å². The summed E-state index contributed by atoms with van der Waals surface area (Å²) in [7, 11) is 0. The van der Waals surface area contributed by atoms with Gasteiger partial charge in [0.15, 0.2) is 10.8 Å². The summed E-state index contributed by atoms with van der Waals surface area (Å²) in [5.74, 6) is -1.23. The number of guanidine groups is 1. The van der Waals surface area contributed by atoms with Crippen LogP contribution in [-0.4, -0.2) is 106 Å². The van der Waals surface area contributed by atoms with Crippen molar-refractivity contribution in [3.05, 3.63) is 63.0 Å². The van der Waals surface area contributed by atoms with Gasteiger partial charge in [-0.15, -0.1) is 11.3 Å². The standard InChI is InChI=1S/C31H38FN7O5S/c1-6-44-28(41)24-23(35-26(27-33-10-13-45-27)36-25(24)21-8-7-9-22(32)18(21)2)16-37-11-12-39-20(14-37)15-38(30(39)34-19(3)40)17-31(4,5)29(42)43/h7-10,13,20,25H,6,11-12,14-17H2,1-5H3,(H,35,36)(H,42,43)/t20-,25-/m0/s1. The predicted molar refractivity (Wildman–Crippen MR) is 167 cm³/mol. The average molecular weight is 640 g/mol. The lowest BCUT2D eigenvalue weighted by Crippen LogP contribution is -2.54. The Morgan fingerprint density at radius 3 is 2.69 bits per heavy atom. The maximum Gasteiger partial charge on any atom is 0.338 e. The second kappa shape index (κ2) is 13.1. The molecule has 2 saturated heterocycles. The Morgan fingerprint density at radius 2 is 2.02 bits per heavy atom. The normalized spacial score (nSPS) is 21.5. The number of aromatic nitrogens is 1. The van der Waals surface area contributed by atoms with E-state index in [1.807, 2.05) is 10.3 Å².